The van der Waals surface area contributed by atoms with Crippen molar-refractivity contribution in [3.05, 3.63) is 76.0 Å². The average molecular weight is 396 g/mol. The van der Waals surface area contributed by atoms with Crippen molar-refractivity contribution in [2.24, 2.45) is 0 Å². The van der Waals surface area contributed by atoms with E-state index in [-0.39, 0.29) is 29.0 Å². The van der Waals surface area contributed by atoms with Crippen molar-refractivity contribution in [2.75, 3.05) is 32.8 Å². The van der Waals surface area contributed by atoms with Crippen LogP contribution in [0.1, 0.15) is 22.1 Å². The van der Waals surface area contributed by atoms with Crippen LogP contribution in [0.25, 0.3) is 10.8 Å². The number of aromatic amines is 1. The Morgan fingerprint density at radius 3 is 2.55 bits per heavy atom. The second-order valence-electron chi connectivity index (χ2n) is 6.87. The monoisotopic (exact) mass is 396 g/mol. The maximum atomic E-state index is 13.4. The number of ether oxygens (including phenoxy) is 1. The number of carbonyl (C=O) groups is 1. The number of aromatic nitrogens is 2. The molecule has 1 aliphatic heterocycles. The van der Waals surface area contributed by atoms with Crippen LogP contribution in [0.15, 0.2) is 53.3 Å². The van der Waals surface area contributed by atoms with E-state index in [1.165, 1.54) is 12.1 Å². The fraction of sp³-hybridized carbons (Fsp3) is 0.286. The highest BCUT2D eigenvalue weighted by molar-refractivity contribution is 6.04. The molecule has 1 amide bonds. The summed E-state index contributed by atoms with van der Waals surface area (Å²) in [5.41, 5.74) is 0.738. The Hall–Kier alpha value is -3.10. The van der Waals surface area contributed by atoms with E-state index >= 15 is 0 Å². The first-order chi connectivity index (χ1) is 14.1. The lowest BCUT2D eigenvalue weighted by atomic mass is 10.0. The number of H-pyrrole nitrogens is 1. The maximum Gasteiger partial charge on any atom is 0.272 e. The first kappa shape index (κ1) is 19.2. The quantitative estimate of drug-likeness (QED) is 0.688. The maximum absolute atomic E-state index is 13.4. The van der Waals surface area contributed by atoms with Crippen molar-refractivity contribution < 1.29 is 13.9 Å². The lowest BCUT2D eigenvalue weighted by Gasteiger charge is -2.34. The Morgan fingerprint density at radius 2 is 1.83 bits per heavy atom. The Kier molecular flexibility index (Phi) is 5.64. The van der Waals surface area contributed by atoms with Gasteiger partial charge in [0.1, 0.15) is 5.82 Å². The third-order valence-electron chi connectivity index (χ3n) is 5.11. The molecule has 0 aliphatic carbocycles. The van der Waals surface area contributed by atoms with Gasteiger partial charge in [-0.3, -0.25) is 14.5 Å². The van der Waals surface area contributed by atoms with Gasteiger partial charge in [-0.2, -0.15) is 5.10 Å². The highest BCUT2D eigenvalue weighted by atomic mass is 19.1. The second kappa shape index (κ2) is 8.50. The first-order valence-electron chi connectivity index (χ1n) is 9.46. The summed E-state index contributed by atoms with van der Waals surface area (Å²) in [6.45, 7) is 2.98. The van der Waals surface area contributed by atoms with Gasteiger partial charge < -0.3 is 10.1 Å². The van der Waals surface area contributed by atoms with E-state index in [2.05, 4.69) is 20.4 Å². The van der Waals surface area contributed by atoms with Crippen molar-refractivity contribution >= 4 is 16.7 Å². The summed E-state index contributed by atoms with van der Waals surface area (Å²) in [7, 11) is 0. The number of hydrogen-bond donors (Lipinski definition) is 2. The minimum absolute atomic E-state index is 0.127. The van der Waals surface area contributed by atoms with Gasteiger partial charge in [0.05, 0.1) is 24.6 Å². The van der Waals surface area contributed by atoms with E-state index in [9.17, 15) is 14.0 Å². The minimum Gasteiger partial charge on any atom is -0.379 e. The number of morpholine rings is 1. The Labute approximate surface area is 166 Å². The van der Waals surface area contributed by atoms with Gasteiger partial charge in [-0.1, -0.05) is 30.3 Å². The summed E-state index contributed by atoms with van der Waals surface area (Å²) in [5, 5.41) is 10.2. The molecule has 0 radical (unpaired) electrons. The second-order valence-corrected chi connectivity index (χ2v) is 6.87. The normalized spacial score (nSPS) is 15.9. The van der Waals surface area contributed by atoms with Gasteiger partial charge in [-0.25, -0.2) is 9.49 Å². The largest absolute Gasteiger partial charge is 0.379 e. The van der Waals surface area contributed by atoms with Gasteiger partial charge in [-0.05, 0) is 23.8 Å². The molecule has 1 saturated heterocycles. The van der Waals surface area contributed by atoms with Crippen molar-refractivity contribution in [3.63, 3.8) is 0 Å². The van der Waals surface area contributed by atoms with E-state index in [0.29, 0.717) is 30.5 Å². The first-order valence-corrected chi connectivity index (χ1v) is 9.46. The number of benzene rings is 2. The number of halogens is 1. The standard InChI is InChI=1S/C21H21FN4O3/c22-15-7-5-14(6-8-15)18(26-9-11-29-12-10-26)13-23-21(28)19-16-3-1-2-4-17(16)20(27)25-24-19/h1-8,18H,9-13H2,(H,23,28)(H,25,27)/t18-/m1/s1. The molecule has 29 heavy (non-hydrogen) atoms. The molecule has 7 nitrogen and oxygen atoms in total. The topological polar surface area (TPSA) is 87.3 Å². The van der Waals surface area contributed by atoms with E-state index in [1.54, 1.807) is 36.4 Å². The molecule has 2 heterocycles. The van der Waals surface area contributed by atoms with Crippen molar-refractivity contribution in [1.82, 2.24) is 20.4 Å². The summed E-state index contributed by atoms with van der Waals surface area (Å²) in [5.74, 6) is -0.680. The van der Waals surface area contributed by atoms with Gasteiger partial charge in [0, 0.05) is 25.0 Å². The Bertz CT molecular complexity index is 1060. The number of hydrogen-bond acceptors (Lipinski definition) is 5. The molecule has 2 N–H and O–H groups in total. The highest BCUT2D eigenvalue weighted by Crippen LogP contribution is 2.22. The molecule has 0 bridgehead atoms. The molecule has 3 aromatic rings. The van der Waals surface area contributed by atoms with Crippen molar-refractivity contribution in [1.29, 1.82) is 0 Å². The molecule has 0 unspecified atom stereocenters. The van der Waals surface area contributed by atoms with Crippen molar-refractivity contribution in [2.45, 2.75) is 6.04 Å². The number of nitrogens with one attached hydrogen (secondary N) is 2. The molecule has 1 atom stereocenters. The molecule has 2 aromatic carbocycles. The Morgan fingerprint density at radius 1 is 1.14 bits per heavy atom. The van der Waals surface area contributed by atoms with Crippen LogP contribution in [-0.4, -0.2) is 53.9 Å². The van der Waals surface area contributed by atoms with Crippen LogP contribution in [0, 0.1) is 5.82 Å². The zero-order valence-electron chi connectivity index (χ0n) is 15.7. The number of fused-ring (bicyclic) bond motifs is 1. The average Bonchev–Trinajstić information content (AvgIpc) is 2.76. The minimum atomic E-state index is -0.377. The number of rotatable bonds is 5. The van der Waals surface area contributed by atoms with Crippen LogP contribution >= 0.6 is 0 Å². The SMILES string of the molecule is O=C(NC[C@H](c1ccc(F)cc1)N1CCOCC1)c1n[nH]c(=O)c2ccccc12. The summed E-state index contributed by atoms with van der Waals surface area (Å²) in [4.78, 5) is 27.0. The summed E-state index contributed by atoms with van der Waals surface area (Å²) in [6, 6.07) is 13.0. The van der Waals surface area contributed by atoms with E-state index in [4.69, 9.17) is 4.74 Å². The zero-order chi connectivity index (χ0) is 20.2. The fourth-order valence-electron chi connectivity index (χ4n) is 3.59. The number of carbonyl (C=O) groups excluding carboxylic acids is 1. The van der Waals surface area contributed by atoms with Crippen LogP contribution in [-0.2, 0) is 4.74 Å². The van der Waals surface area contributed by atoms with Gasteiger partial charge in [-0.15, -0.1) is 0 Å². The zero-order valence-corrected chi connectivity index (χ0v) is 15.7. The highest BCUT2D eigenvalue weighted by Gasteiger charge is 2.24. The molecular formula is C21H21FN4O3. The summed E-state index contributed by atoms with van der Waals surface area (Å²) < 4.78 is 18.8. The van der Waals surface area contributed by atoms with Crippen LogP contribution < -0.4 is 10.9 Å². The van der Waals surface area contributed by atoms with Gasteiger partial charge in [0.25, 0.3) is 11.5 Å². The molecule has 1 aliphatic rings. The van der Waals surface area contributed by atoms with Crippen LogP contribution in [0.5, 0.6) is 0 Å². The number of amides is 1. The molecule has 1 fully saturated rings. The third kappa shape index (κ3) is 4.18. The number of nitrogens with zero attached hydrogens (tertiary/aromatic N) is 2. The van der Waals surface area contributed by atoms with E-state index < -0.39 is 0 Å². The molecule has 1 aromatic heterocycles. The Balaban J connectivity index is 1.57. The molecule has 150 valence electrons. The van der Waals surface area contributed by atoms with Crippen LogP contribution in [0.3, 0.4) is 0 Å². The predicted octanol–water partition coefficient (Wildman–Crippen LogP) is 1.87. The fourth-order valence-corrected chi connectivity index (χ4v) is 3.59. The lowest BCUT2D eigenvalue weighted by Crippen LogP contribution is -2.44. The van der Waals surface area contributed by atoms with Crippen molar-refractivity contribution in [3.8, 4) is 0 Å². The molecule has 0 spiro atoms. The summed E-state index contributed by atoms with van der Waals surface area (Å²) >= 11 is 0. The molecule has 0 saturated carbocycles. The predicted molar refractivity (Wildman–Crippen MR) is 106 cm³/mol. The van der Waals surface area contributed by atoms with E-state index in [0.717, 1.165) is 18.7 Å². The summed E-state index contributed by atoms with van der Waals surface area (Å²) in [6.07, 6.45) is 0. The van der Waals surface area contributed by atoms with Gasteiger partial charge in [0.15, 0.2) is 5.69 Å². The van der Waals surface area contributed by atoms with Gasteiger partial charge >= 0.3 is 0 Å². The van der Waals surface area contributed by atoms with Crippen LogP contribution in [0.2, 0.25) is 0 Å². The molecule has 8 heteroatoms. The smallest absolute Gasteiger partial charge is 0.272 e. The third-order valence-corrected chi connectivity index (χ3v) is 5.11. The van der Waals surface area contributed by atoms with Crippen LogP contribution in [0.4, 0.5) is 4.39 Å². The van der Waals surface area contributed by atoms with Gasteiger partial charge in [0.2, 0.25) is 0 Å². The lowest BCUT2D eigenvalue weighted by molar-refractivity contribution is 0.0162. The molecular weight excluding hydrogens is 375 g/mol. The molecule has 4 rings (SSSR count). The van der Waals surface area contributed by atoms with E-state index in [1.807, 2.05) is 0 Å².